The Balaban J connectivity index is 3.00. The fourth-order valence-corrected chi connectivity index (χ4v) is 1.27. The van der Waals surface area contributed by atoms with Crippen LogP contribution in [0.2, 0.25) is 0 Å². The highest BCUT2D eigenvalue weighted by Gasteiger charge is 2.07. The Kier molecular flexibility index (Phi) is 4.09. The molecule has 84 valence electrons. The summed E-state index contributed by atoms with van der Waals surface area (Å²) in [5.74, 6) is 0.936. The molecule has 1 aromatic heterocycles. The average molecular weight is 209 g/mol. The first kappa shape index (κ1) is 12.0. The summed E-state index contributed by atoms with van der Waals surface area (Å²) in [7, 11) is 0. The van der Waals surface area contributed by atoms with E-state index >= 15 is 0 Å². The molecule has 0 aliphatic carbocycles. The van der Waals surface area contributed by atoms with Gasteiger partial charge in [-0.25, -0.2) is 4.98 Å². The number of aliphatic hydroxyl groups excluding tert-OH is 1. The van der Waals surface area contributed by atoms with Crippen LogP contribution in [0.15, 0.2) is 12.1 Å². The molecule has 0 atom stereocenters. The summed E-state index contributed by atoms with van der Waals surface area (Å²) in [6.07, 6.45) is 0.103. The smallest absolute Gasteiger partial charge is 0.214 e. The van der Waals surface area contributed by atoms with Gasteiger partial charge in [-0.3, -0.25) is 0 Å². The summed E-state index contributed by atoms with van der Waals surface area (Å²) in [5.41, 5.74) is 1.81. The highest BCUT2D eigenvalue weighted by Crippen LogP contribution is 2.19. The summed E-state index contributed by atoms with van der Waals surface area (Å²) in [6.45, 7) is 8.09. The van der Waals surface area contributed by atoms with E-state index < -0.39 is 0 Å². The van der Waals surface area contributed by atoms with Crippen LogP contribution in [0.25, 0.3) is 0 Å². The summed E-state index contributed by atoms with van der Waals surface area (Å²) in [5, 5.41) is 9.12. The van der Waals surface area contributed by atoms with Crippen molar-refractivity contribution in [2.24, 2.45) is 0 Å². The molecule has 0 fully saturated rings. The van der Waals surface area contributed by atoms with E-state index in [1.165, 1.54) is 0 Å². The third kappa shape index (κ3) is 3.51. The van der Waals surface area contributed by atoms with Crippen LogP contribution in [0.5, 0.6) is 5.88 Å². The van der Waals surface area contributed by atoms with Crippen LogP contribution in [0.3, 0.4) is 0 Å². The number of ether oxygens (including phenoxy) is 1. The second-order valence-electron chi connectivity index (χ2n) is 4.22. The lowest BCUT2D eigenvalue weighted by Gasteiger charge is -2.13. The van der Waals surface area contributed by atoms with Crippen LogP contribution in [0.1, 0.15) is 44.9 Å². The number of rotatable bonds is 4. The van der Waals surface area contributed by atoms with E-state index in [1.54, 1.807) is 6.07 Å². The Labute approximate surface area is 91.1 Å². The molecule has 0 radical (unpaired) electrons. The molecule has 0 bridgehead atoms. The summed E-state index contributed by atoms with van der Waals surface area (Å²) in [6, 6.07) is 3.70. The van der Waals surface area contributed by atoms with E-state index in [0.29, 0.717) is 11.8 Å². The van der Waals surface area contributed by atoms with E-state index in [0.717, 1.165) is 11.3 Å². The van der Waals surface area contributed by atoms with Crippen LogP contribution in [-0.4, -0.2) is 16.2 Å². The molecule has 3 nitrogen and oxygen atoms in total. The van der Waals surface area contributed by atoms with Crippen molar-refractivity contribution in [1.29, 1.82) is 0 Å². The van der Waals surface area contributed by atoms with Gasteiger partial charge < -0.3 is 9.84 Å². The first-order valence-corrected chi connectivity index (χ1v) is 5.31. The minimum Gasteiger partial charge on any atom is -0.475 e. The van der Waals surface area contributed by atoms with Crippen LogP contribution < -0.4 is 4.74 Å². The molecular weight excluding hydrogens is 190 g/mol. The SMILES string of the molecule is CC(C)Oc1cc(CO)cc(C(C)C)n1. The van der Waals surface area contributed by atoms with E-state index in [2.05, 4.69) is 18.8 Å². The topological polar surface area (TPSA) is 42.4 Å². The second kappa shape index (κ2) is 5.12. The van der Waals surface area contributed by atoms with Crippen LogP contribution in [0, 0.1) is 0 Å². The summed E-state index contributed by atoms with van der Waals surface area (Å²) >= 11 is 0. The Morgan fingerprint density at radius 1 is 1.27 bits per heavy atom. The molecule has 1 aromatic rings. The normalized spacial score (nSPS) is 11.1. The fraction of sp³-hybridized carbons (Fsp3) is 0.583. The number of aromatic nitrogens is 1. The second-order valence-corrected chi connectivity index (χ2v) is 4.22. The molecule has 3 heteroatoms. The third-order valence-corrected chi connectivity index (χ3v) is 2.01. The number of hydrogen-bond donors (Lipinski definition) is 1. The third-order valence-electron chi connectivity index (χ3n) is 2.01. The standard InChI is InChI=1S/C12H19NO2/c1-8(2)11-5-10(7-14)6-12(13-11)15-9(3)4/h5-6,8-9,14H,7H2,1-4H3. The van der Waals surface area contributed by atoms with Gasteiger partial charge in [0.05, 0.1) is 12.7 Å². The molecular formula is C12H19NO2. The van der Waals surface area contributed by atoms with Gasteiger partial charge >= 0.3 is 0 Å². The highest BCUT2D eigenvalue weighted by atomic mass is 16.5. The molecule has 0 saturated carbocycles. The molecule has 0 unspecified atom stereocenters. The molecule has 0 spiro atoms. The van der Waals surface area contributed by atoms with Crippen LogP contribution in [-0.2, 0) is 6.61 Å². The molecule has 1 rings (SSSR count). The van der Waals surface area contributed by atoms with Crippen LogP contribution in [0.4, 0.5) is 0 Å². The van der Waals surface area contributed by atoms with Gasteiger partial charge in [-0.2, -0.15) is 0 Å². The maximum atomic E-state index is 9.12. The van der Waals surface area contributed by atoms with Crippen molar-refractivity contribution < 1.29 is 9.84 Å². The number of pyridine rings is 1. The van der Waals surface area contributed by atoms with Crippen molar-refractivity contribution in [3.63, 3.8) is 0 Å². The van der Waals surface area contributed by atoms with Crippen molar-refractivity contribution >= 4 is 0 Å². The Morgan fingerprint density at radius 2 is 1.93 bits per heavy atom. The van der Waals surface area contributed by atoms with Gasteiger partial charge in [-0.05, 0) is 31.4 Å². The van der Waals surface area contributed by atoms with E-state index in [1.807, 2.05) is 19.9 Å². The summed E-state index contributed by atoms with van der Waals surface area (Å²) < 4.78 is 5.53. The minimum atomic E-state index is 0.0245. The van der Waals surface area contributed by atoms with Crippen molar-refractivity contribution in [3.05, 3.63) is 23.4 Å². The lowest BCUT2D eigenvalue weighted by Crippen LogP contribution is -2.08. The van der Waals surface area contributed by atoms with Gasteiger partial charge in [0.1, 0.15) is 0 Å². The molecule has 0 aliphatic rings. The minimum absolute atomic E-state index is 0.0245. The molecule has 0 amide bonds. The van der Waals surface area contributed by atoms with Crippen molar-refractivity contribution in [3.8, 4) is 5.88 Å². The van der Waals surface area contributed by atoms with Crippen molar-refractivity contribution in [2.45, 2.75) is 46.3 Å². The largest absolute Gasteiger partial charge is 0.475 e. The zero-order chi connectivity index (χ0) is 11.4. The molecule has 1 N–H and O–H groups in total. The Hall–Kier alpha value is -1.09. The fourth-order valence-electron chi connectivity index (χ4n) is 1.27. The van der Waals surface area contributed by atoms with E-state index in [9.17, 15) is 0 Å². The molecule has 0 aliphatic heterocycles. The number of nitrogens with zero attached hydrogens (tertiary/aromatic N) is 1. The van der Waals surface area contributed by atoms with E-state index in [-0.39, 0.29) is 12.7 Å². The average Bonchev–Trinajstić information content (AvgIpc) is 2.16. The van der Waals surface area contributed by atoms with Gasteiger partial charge in [-0.15, -0.1) is 0 Å². The first-order valence-electron chi connectivity index (χ1n) is 5.31. The molecule has 1 heterocycles. The molecule has 0 aromatic carbocycles. The monoisotopic (exact) mass is 209 g/mol. The Bertz CT molecular complexity index is 321. The van der Waals surface area contributed by atoms with Gasteiger partial charge in [0.2, 0.25) is 5.88 Å². The van der Waals surface area contributed by atoms with E-state index in [4.69, 9.17) is 9.84 Å². The van der Waals surface area contributed by atoms with Crippen molar-refractivity contribution in [1.82, 2.24) is 4.98 Å². The van der Waals surface area contributed by atoms with Gasteiger partial charge in [0.25, 0.3) is 0 Å². The molecule has 0 saturated heterocycles. The van der Waals surface area contributed by atoms with Crippen molar-refractivity contribution in [2.75, 3.05) is 0 Å². The van der Waals surface area contributed by atoms with Crippen LogP contribution >= 0.6 is 0 Å². The maximum Gasteiger partial charge on any atom is 0.214 e. The predicted octanol–water partition coefficient (Wildman–Crippen LogP) is 2.48. The lowest BCUT2D eigenvalue weighted by atomic mass is 10.1. The Morgan fingerprint density at radius 3 is 2.40 bits per heavy atom. The molecule has 15 heavy (non-hydrogen) atoms. The quantitative estimate of drug-likeness (QED) is 0.828. The van der Waals surface area contributed by atoms with Gasteiger partial charge in [0.15, 0.2) is 0 Å². The number of hydrogen-bond acceptors (Lipinski definition) is 3. The van der Waals surface area contributed by atoms with Gasteiger partial charge in [0, 0.05) is 11.8 Å². The summed E-state index contributed by atoms with van der Waals surface area (Å²) in [4.78, 5) is 4.39. The zero-order valence-electron chi connectivity index (χ0n) is 9.82. The zero-order valence-corrected chi connectivity index (χ0v) is 9.82. The lowest BCUT2D eigenvalue weighted by molar-refractivity contribution is 0.229. The first-order chi connectivity index (χ1) is 7.02. The van der Waals surface area contributed by atoms with Gasteiger partial charge in [-0.1, -0.05) is 13.8 Å². The highest BCUT2D eigenvalue weighted by molar-refractivity contribution is 5.26. The number of aliphatic hydroxyl groups is 1. The maximum absolute atomic E-state index is 9.12. The predicted molar refractivity (Wildman–Crippen MR) is 60.0 cm³/mol.